The van der Waals surface area contributed by atoms with Crippen LogP contribution in [0.2, 0.25) is 0 Å². The molecular weight excluding hydrogens is 246 g/mol. The number of anilines is 1. The predicted octanol–water partition coefficient (Wildman–Crippen LogP) is 3.77. The van der Waals surface area contributed by atoms with E-state index >= 15 is 0 Å². The van der Waals surface area contributed by atoms with Crippen molar-refractivity contribution in [2.75, 3.05) is 18.0 Å². The predicted molar refractivity (Wildman–Crippen MR) is 88.4 cm³/mol. The van der Waals surface area contributed by atoms with E-state index in [4.69, 9.17) is 4.98 Å². The van der Waals surface area contributed by atoms with Gasteiger partial charge in [0, 0.05) is 24.8 Å². The van der Waals surface area contributed by atoms with Crippen molar-refractivity contribution in [1.29, 1.82) is 0 Å². The Balaban J connectivity index is 3.05. The molecule has 114 valence electrons. The zero-order chi connectivity index (χ0) is 15.0. The normalized spacial score (nSPS) is 12.4. The van der Waals surface area contributed by atoms with Gasteiger partial charge in [-0.2, -0.15) is 0 Å². The van der Waals surface area contributed by atoms with Crippen molar-refractivity contribution in [3.8, 4) is 0 Å². The van der Waals surface area contributed by atoms with Crippen LogP contribution in [-0.2, 0) is 13.0 Å². The first kappa shape index (κ1) is 17.0. The summed E-state index contributed by atoms with van der Waals surface area (Å²) in [6, 6.07) is 5.04. The summed E-state index contributed by atoms with van der Waals surface area (Å²) < 4.78 is 0. The van der Waals surface area contributed by atoms with Crippen LogP contribution in [0.5, 0.6) is 0 Å². The molecule has 0 saturated carbocycles. The summed E-state index contributed by atoms with van der Waals surface area (Å²) in [5.74, 6) is 1.14. The largest absolute Gasteiger partial charge is 0.354 e. The summed E-state index contributed by atoms with van der Waals surface area (Å²) in [6.07, 6.45) is 3.35. The Morgan fingerprint density at radius 3 is 2.50 bits per heavy atom. The van der Waals surface area contributed by atoms with E-state index < -0.39 is 0 Å². The fraction of sp³-hybridized carbons (Fsp3) is 0.706. The first-order chi connectivity index (χ1) is 9.65. The fourth-order valence-corrected chi connectivity index (χ4v) is 2.46. The molecule has 0 aromatic carbocycles. The van der Waals surface area contributed by atoms with E-state index in [2.05, 4.69) is 57.0 Å². The van der Waals surface area contributed by atoms with Gasteiger partial charge in [-0.1, -0.05) is 27.2 Å². The minimum absolute atomic E-state index is 0.538. The second-order valence-electron chi connectivity index (χ2n) is 5.40. The van der Waals surface area contributed by atoms with E-state index in [9.17, 15) is 0 Å². The third kappa shape index (κ3) is 4.78. The second-order valence-corrected chi connectivity index (χ2v) is 5.40. The van der Waals surface area contributed by atoms with Gasteiger partial charge in [0.2, 0.25) is 0 Å². The smallest absolute Gasteiger partial charge is 0.129 e. The minimum atomic E-state index is 0.538. The number of hydrogen-bond acceptors (Lipinski definition) is 3. The molecule has 1 unspecified atom stereocenters. The molecule has 1 rings (SSSR count). The number of rotatable bonds is 9. The monoisotopic (exact) mass is 277 g/mol. The zero-order valence-corrected chi connectivity index (χ0v) is 13.9. The Morgan fingerprint density at radius 1 is 1.20 bits per heavy atom. The van der Waals surface area contributed by atoms with E-state index in [1.54, 1.807) is 0 Å². The van der Waals surface area contributed by atoms with E-state index in [0.29, 0.717) is 6.04 Å². The number of nitrogens with one attached hydrogen (secondary N) is 1. The molecule has 1 atom stereocenters. The van der Waals surface area contributed by atoms with Crippen LogP contribution in [0.4, 0.5) is 5.82 Å². The Hall–Kier alpha value is -1.09. The summed E-state index contributed by atoms with van der Waals surface area (Å²) in [4.78, 5) is 7.28. The molecule has 0 spiro atoms. The molecule has 0 aliphatic rings. The van der Waals surface area contributed by atoms with Crippen molar-refractivity contribution in [2.45, 2.75) is 66.5 Å². The maximum atomic E-state index is 4.87. The molecule has 0 bridgehead atoms. The topological polar surface area (TPSA) is 28.2 Å². The van der Waals surface area contributed by atoms with Crippen LogP contribution in [0.15, 0.2) is 12.1 Å². The van der Waals surface area contributed by atoms with Gasteiger partial charge in [-0.25, -0.2) is 4.98 Å². The van der Waals surface area contributed by atoms with E-state index in [0.717, 1.165) is 44.7 Å². The van der Waals surface area contributed by atoms with Crippen LogP contribution >= 0.6 is 0 Å². The maximum Gasteiger partial charge on any atom is 0.129 e. The van der Waals surface area contributed by atoms with Gasteiger partial charge in [-0.05, 0) is 50.9 Å². The lowest BCUT2D eigenvalue weighted by molar-refractivity contribution is 0.620. The Kier molecular flexibility index (Phi) is 7.60. The van der Waals surface area contributed by atoms with Crippen molar-refractivity contribution in [1.82, 2.24) is 10.3 Å². The summed E-state index contributed by atoms with van der Waals surface area (Å²) in [7, 11) is 0. The minimum Gasteiger partial charge on any atom is -0.354 e. The van der Waals surface area contributed by atoms with Crippen molar-refractivity contribution >= 4 is 5.82 Å². The van der Waals surface area contributed by atoms with Crippen LogP contribution in [-0.4, -0.2) is 24.1 Å². The van der Waals surface area contributed by atoms with Gasteiger partial charge >= 0.3 is 0 Å². The van der Waals surface area contributed by atoms with Gasteiger partial charge < -0.3 is 10.2 Å². The second kappa shape index (κ2) is 8.96. The van der Waals surface area contributed by atoms with Crippen molar-refractivity contribution in [3.63, 3.8) is 0 Å². The third-order valence-corrected chi connectivity index (χ3v) is 3.77. The molecule has 0 amide bonds. The Bertz CT molecular complexity index is 390. The molecule has 0 fully saturated rings. The molecule has 1 aromatic rings. The van der Waals surface area contributed by atoms with Crippen molar-refractivity contribution in [3.05, 3.63) is 23.4 Å². The number of pyridine rings is 1. The zero-order valence-electron chi connectivity index (χ0n) is 13.9. The SMILES string of the molecule is CCCc1cc(CNCC)cc(N(CC)C(C)CC)n1. The fourth-order valence-electron chi connectivity index (χ4n) is 2.46. The Labute approximate surface area is 124 Å². The lowest BCUT2D eigenvalue weighted by atomic mass is 10.1. The first-order valence-corrected chi connectivity index (χ1v) is 8.13. The van der Waals surface area contributed by atoms with Crippen LogP contribution in [0, 0.1) is 0 Å². The van der Waals surface area contributed by atoms with Crippen molar-refractivity contribution in [2.24, 2.45) is 0 Å². The number of hydrogen-bond donors (Lipinski definition) is 1. The van der Waals surface area contributed by atoms with E-state index in [-0.39, 0.29) is 0 Å². The summed E-state index contributed by atoms with van der Waals surface area (Å²) >= 11 is 0. The molecule has 1 N–H and O–H groups in total. The molecular formula is C17H31N3. The lowest BCUT2D eigenvalue weighted by Gasteiger charge is -2.29. The van der Waals surface area contributed by atoms with Gasteiger partial charge in [0.15, 0.2) is 0 Å². The standard InChI is InChI=1S/C17H31N3/c1-6-10-16-11-15(13-18-8-3)12-17(19-16)20(9-4)14(5)7-2/h11-12,14,18H,6-10,13H2,1-5H3. The summed E-state index contributed by atoms with van der Waals surface area (Å²) in [6.45, 7) is 14.0. The highest BCUT2D eigenvalue weighted by molar-refractivity contribution is 5.43. The van der Waals surface area contributed by atoms with Gasteiger partial charge in [-0.3, -0.25) is 0 Å². The molecule has 0 aliphatic carbocycles. The van der Waals surface area contributed by atoms with Crippen LogP contribution in [0.25, 0.3) is 0 Å². The van der Waals surface area contributed by atoms with Crippen LogP contribution in [0.3, 0.4) is 0 Å². The third-order valence-electron chi connectivity index (χ3n) is 3.77. The highest BCUT2D eigenvalue weighted by Crippen LogP contribution is 2.19. The Morgan fingerprint density at radius 2 is 1.95 bits per heavy atom. The quantitative estimate of drug-likeness (QED) is 0.745. The number of nitrogens with zero attached hydrogens (tertiary/aromatic N) is 2. The number of aromatic nitrogens is 1. The molecule has 0 aliphatic heterocycles. The summed E-state index contributed by atoms with van der Waals surface area (Å²) in [5, 5.41) is 3.41. The summed E-state index contributed by atoms with van der Waals surface area (Å²) in [5.41, 5.74) is 2.57. The molecule has 1 heterocycles. The molecule has 0 saturated heterocycles. The molecule has 20 heavy (non-hydrogen) atoms. The average molecular weight is 277 g/mol. The van der Waals surface area contributed by atoms with Gasteiger partial charge in [0.25, 0.3) is 0 Å². The first-order valence-electron chi connectivity index (χ1n) is 8.13. The molecule has 3 nitrogen and oxygen atoms in total. The molecule has 3 heteroatoms. The van der Waals surface area contributed by atoms with Gasteiger partial charge in [0.05, 0.1) is 0 Å². The highest BCUT2D eigenvalue weighted by Gasteiger charge is 2.14. The van der Waals surface area contributed by atoms with E-state index in [1.165, 1.54) is 11.3 Å². The van der Waals surface area contributed by atoms with Crippen LogP contribution < -0.4 is 10.2 Å². The van der Waals surface area contributed by atoms with Crippen LogP contribution in [0.1, 0.15) is 58.7 Å². The van der Waals surface area contributed by atoms with Gasteiger partial charge in [-0.15, -0.1) is 0 Å². The van der Waals surface area contributed by atoms with Gasteiger partial charge in [0.1, 0.15) is 5.82 Å². The number of aryl methyl sites for hydroxylation is 1. The molecule has 1 aromatic heterocycles. The van der Waals surface area contributed by atoms with Crippen molar-refractivity contribution < 1.29 is 0 Å². The van der Waals surface area contributed by atoms with E-state index in [1.807, 2.05) is 0 Å². The average Bonchev–Trinajstić information content (AvgIpc) is 2.46. The molecule has 0 radical (unpaired) electrons. The lowest BCUT2D eigenvalue weighted by Crippen LogP contribution is -2.33. The highest BCUT2D eigenvalue weighted by atomic mass is 15.2. The maximum absolute atomic E-state index is 4.87.